The molecule has 0 aromatic rings. The largest absolute Gasteiger partial charge is 0.516 e. The van der Waals surface area contributed by atoms with E-state index >= 15 is 0 Å². The average molecular weight is 119 g/mol. The Morgan fingerprint density at radius 2 is 2.29 bits per heavy atom. The highest BCUT2D eigenvalue weighted by molar-refractivity contribution is 6.31. The molecule has 0 heterocycles. The Morgan fingerprint density at radius 3 is 2.43 bits per heavy atom. The molecule has 0 rings (SSSR count). The van der Waals surface area contributed by atoms with Crippen LogP contribution in [0.4, 0.5) is 0 Å². The summed E-state index contributed by atoms with van der Waals surface area (Å²) in [6, 6.07) is 0. The van der Waals surface area contributed by atoms with Gasteiger partial charge in [-0.3, -0.25) is 0 Å². The molecule has 0 aromatic carbocycles. The van der Waals surface area contributed by atoms with Crippen molar-refractivity contribution in [2.75, 3.05) is 0 Å². The number of hydrogen-bond donors (Lipinski definition) is 1. The summed E-state index contributed by atoms with van der Waals surface area (Å²) >= 11 is 5.38. The molecule has 0 unspecified atom stereocenters. The molecular formula is C5H7ClO. The summed E-state index contributed by atoms with van der Waals surface area (Å²) in [6.07, 6.45) is 4.00. The predicted octanol–water partition coefficient (Wildman–Crippen LogP) is 2.20. The normalized spacial score (nSPS) is 13.1. The zero-order valence-corrected chi connectivity index (χ0v) is 4.81. The standard InChI is InChI=1S/C5H7ClO/c1-2-5(6)3-4-7/h2-4,7H,1H3/b4-3-,5-2+. The fourth-order valence-corrected chi connectivity index (χ4v) is 0.224. The van der Waals surface area contributed by atoms with Crippen LogP contribution < -0.4 is 0 Å². The van der Waals surface area contributed by atoms with E-state index in [0.29, 0.717) is 5.03 Å². The van der Waals surface area contributed by atoms with Crippen molar-refractivity contribution in [2.24, 2.45) is 0 Å². The van der Waals surface area contributed by atoms with E-state index in [1.165, 1.54) is 6.08 Å². The van der Waals surface area contributed by atoms with Gasteiger partial charge in [-0.25, -0.2) is 0 Å². The molecule has 0 fully saturated rings. The summed E-state index contributed by atoms with van der Waals surface area (Å²) in [4.78, 5) is 0. The molecule has 0 saturated heterocycles. The lowest BCUT2D eigenvalue weighted by atomic mass is 10.5. The smallest absolute Gasteiger partial charge is 0.0806 e. The van der Waals surface area contributed by atoms with Crippen molar-refractivity contribution in [1.29, 1.82) is 0 Å². The van der Waals surface area contributed by atoms with Gasteiger partial charge in [-0.1, -0.05) is 17.7 Å². The van der Waals surface area contributed by atoms with E-state index in [9.17, 15) is 0 Å². The first-order valence-electron chi connectivity index (χ1n) is 1.94. The maximum Gasteiger partial charge on any atom is 0.0806 e. The fraction of sp³-hybridized carbons (Fsp3) is 0.200. The maximum absolute atomic E-state index is 8.06. The Balaban J connectivity index is 3.58. The number of rotatable bonds is 1. The molecule has 1 nitrogen and oxygen atoms in total. The Hall–Kier alpha value is -0.430. The molecule has 0 aliphatic rings. The molecule has 0 spiro atoms. The molecular weight excluding hydrogens is 112 g/mol. The van der Waals surface area contributed by atoms with Gasteiger partial charge in [0.05, 0.1) is 6.26 Å². The number of halogens is 1. The van der Waals surface area contributed by atoms with Gasteiger partial charge in [-0.15, -0.1) is 0 Å². The quantitative estimate of drug-likeness (QED) is 0.414. The van der Waals surface area contributed by atoms with Crippen molar-refractivity contribution >= 4 is 11.6 Å². The van der Waals surface area contributed by atoms with E-state index in [1.54, 1.807) is 13.0 Å². The summed E-state index contributed by atoms with van der Waals surface area (Å²) in [5.41, 5.74) is 0. The van der Waals surface area contributed by atoms with Crippen LogP contribution in [-0.4, -0.2) is 5.11 Å². The molecule has 0 radical (unpaired) electrons. The van der Waals surface area contributed by atoms with Crippen molar-refractivity contribution in [2.45, 2.75) is 6.92 Å². The van der Waals surface area contributed by atoms with Gasteiger partial charge in [0.15, 0.2) is 0 Å². The van der Waals surface area contributed by atoms with Gasteiger partial charge in [0, 0.05) is 5.03 Å². The molecule has 0 atom stereocenters. The maximum atomic E-state index is 8.06. The van der Waals surface area contributed by atoms with E-state index in [1.807, 2.05) is 0 Å². The molecule has 1 N–H and O–H groups in total. The number of aliphatic hydroxyl groups is 1. The van der Waals surface area contributed by atoms with Crippen molar-refractivity contribution in [3.8, 4) is 0 Å². The highest BCUT2D eigenvalue weighted by atomic mass is 35.5. The molecule has 0 aliphatic heterocycles. The number of hydrogen-bond acceptors (Lipinski definition) is 1. The molecule has 0 saturated carbocycles. The minimum atomic E-state index is 0.544. The van der Waals surface area contributed by atoms with Crippen molar-refractivity contribution < 1.29 is 5.11 Å². The molecule has 0 aliphatic carbocycles. The number of aliphatic hydroxyl groups excluding tert-OH is 1. The van der Waals surface area contributed by atoms with Crippen molar-refractivity contribution in [3.05, 3.63) is 23.4 Å². The van der Waals surface area contributed by atoms with Crippen molar-refractivity contribution in [3.63, 3.8) is 0 Å². The SMILES string of the molecule is C/C=C(Cl)\C=C/O. The van der Waals surface area contributed by atoms with E-state index < -0.39 is 0 Å². The first-order chi connectivity index (χ1) is 3.31. The lowest BCUT2D eigenvalue weighted by molar-refractivity contribution is 0.473. The van der Waals surface area contributed by atoms with Crippen LogP contribution >= 0.6 is 11.6 Å². The minimum Gasteiger partial charge on any atom is -0.516 e. The van der Waals surface area contributed by atoms with E-state index in [-0.39, 0.29) is 0 Å². The van der Waals surface area contributed by atoms with Crippen LogP contribution in [0, 0.1) is 0 Å². The monoisotopic (exact) mass is 118 g/mol. The second-order valence-corrected chi connectivity index (χ2v) is 1.43. The minimum absolute atomic E-state index is 0.544. The third-order valence-corrected chi connectivity index (χ3v) is 0.854. The molecule has 40 valence electrons. The Labute approximate surface area is 47.9 Å². The summed E-state index contributed by atoms with van der Waals surface area (Å²) in [5.74, 6) is 0. The second kappa shape index (κ2) is 3.75. The summed E-state index contributed by atoms with van der Waals surface area (Å²) in [5, 5.41) is 8.61. The second-order valence-electron chi connectivity index (χ2n) is 0.989. The van der Waals surface area contributed by atoms with Crippen LogP contribution in [0.3, 0.4) is 0 Å². The van der Waals surface area contributed by atoms with Crippen LogP contribution in [-0.2, 0) is 0 Å². The highest BCUT2D eigenvalue weighted by Gasteiger charge is 1.74. The zero-order valence-electron chi connectivity index (χ0n) is 4.06. The summed E-state index contributed by atoms with van der Waals surface area (Å²) in [6.45, 7) is 1.79. The summed E-state index contributed by atoms with van der Waals surface area (Å²) in [7, 11) is 0. The topological polar surface area (TPSA) is 20.2 Å². The zero-order chi connectivity index (χ0) is 5.70. The first-order valence-corrected chi connectivity index (χ1v) is 2.31. The molecule has 7 heavy (non-hydrogen) atoms. The average Bonchev–Trinajstić information content (AvgIpc) is 1.68. The van der Waals surface area contributed by atoms with Gasteiger partial charge >= 0.3 is 0 Å². The third-order valence-electron chi connectivity index (χ3n) is 0.510. The molecule has 0 aromatic heterocycles. The van der Waals surface area contributed by atoms with Crippen LogP contribution in [0.15, 0.2) is 23.4 Å². The van der Waals surface area contributed by atoms with E-state index in [2.05, 4.69) is 0 Å². The van der Waals surface area contributed by atoms with Gasteiger partial charge in [0.2, 0.25) is 0 Å². The lowest BCUT2D eigenvalue weighted by Crippen LogP contribution is -1.57. The van der Waals surface area contributed by atoms with Crippen molar-refractivity contribution in [1.82, 2.24) is 0 Å². The van der Waals surface area contributed by atoms with Crippen LogP contribution in [0.2, 0.25) is 0 Å². The van der Waals surface area contributed by atoms with Crippen LogP contribution in [0.1, 0.15) is 6.92 Å². The molecule has 0 amide bonds. The third kappa shape index (κ3) is 3.40. The van der Waals surface area contributed by atoms with Gasteiger partial charge in [-0.2, -0.15) is 0 Å². The first kappa shape index (κ1) is 6.57. The fourth-order valence-electron chi connectivity index (χ4n) is 0.167. The predicted molar refractivity (Wildman–Crippen MR) is 31.4 cm³/mol. The Kier molecular flexibility index (Phi) is 3.52. The molecule has 0 bridgehead atoms. The van der Waals surface area contributed by atoms with Gasteiger partial charge in [-0.05, 0) is 13.0 Å². The Bertz CT molecular complexity index is 94.3. The lowest BCUT2D eigenvalue weighted by Gasteiger charge is -1.77. The van der Waals surface area contributed by atoms with E-state index in [4.69, 9.17) is 16.7 Å². The highest BCUT2D eigenvalue weighted by Crippen LogP contribution is 1.99. The summed E-state index contributed by atoms with van der Waals surface area (Å²) < 4.78 is 0. The molecule has 2 heteroatoms. The number of allylic oxidation sites excluding steroid dienone is 3. The van der Waals surface area contributed by atoms with Gasteiger partial charge in [0.1, 0.15) is 0 Å². The van der Waals surface area contributed by atoms with Gasteiger partial charge < -0.3 is 5.11 Å². The Morgan fingerprint density at radius 1 is 1.71 bits per heavy atom. The van der Waals surface area contributed by atoms with Gasteiger partial charge in [0.25, 0.3) is 0 Å². The van der Waals surface area contributed by atoms with Crippen LogP contribution in [0.5, 0.6) is 0 Å². The van der Waals surface area contributed by atoms with E-state index in [0.717, 1.165) is 6.26 Å². The van der Waals surface area contributed by atoms with Crippen LogP contribution in [0.25, 0.3) is 0 Å².